The molecule has 0 aliphatic rings. The minimum absolute atomic E-state index is 0.0969. The number of hydrogen-bond acceptors (Lipinski definition) is 6. The highest BCUT2D eigenvalue weighted by Gasteiger charge is 2.11. The van der Waals surface area contributed by atoms with Crippen molar-refractivity contribution >= 4 is 12.0 Å². The van der Waals surface area contributed by atoms with Gasteiger partial charge in [-0.2, -0.15) is 8.78 Å². The van der Waals surface area contributed by atoms with Crippen molar-refractivity contribution in [1.29, 1.82) is 0 Å². The second kappa shape index (κ2) is 9.50. The summed E-state index contributed by atoms with van der Waals surface area (Å²) in [4.78, 5) is 16.0. The van der Waals surface area contributed by atoms with Crippen LogP contribution < -0.4 is 9.47 Å². The summed E-state index contributed by atoms with van der Waals surface area (Å²) >= 11 is 0. The van der Waals surface area contributed by atoms with E-state index in [-0.39, 0.29) is 24.0 Å². The molecule has 0 radical (unpaired) electrons. The number of benzene rings is 2. The fourth-order valence-electron chi connectivity index (χ4n) is 2.44. The van der Waals surface area contributed by atoms with Gasteiger partial charge in [-0.15, -0.1) is 0 Å². The normalized spacial score (nSPS) is 11.0. The van der Waals surface area contributed by atoms with Crippen LogP contribution in [0.1, 0.15) is 11.5 Å². The number of esters is 1. The van der Waals surface area contributed by atoms with E-state index in [1.54, 1.807) is 6.20 Å². The zero-order valence-corrected chi connectivity index (χ0v) is 15.4. The van der Waals surface area contributed by atoms with Crippen molar-refractivity contribution < 1.29 is 32.2 Å². The lowest BCUT2D eigenvalue weighted by molar-refractivity contribution is -0.139. The molecule has 2 aromatic carbocycles. The van der Waals surface area contributed by atoms with E-state index in [1.807, 2.05) is 30.3 Å². The standard InChI is InChI=1S/C21H17F2NO5/c1-26-17-11-14(7-9-16(17)29-21(22)23)8-10-20(25)27-13-19-24-12-18(28-19)15-5-3-2-4-6-15/h2-12,21H,13H2,1H3/b10-8+. The molecule has 0 saturated carbocycles. The maximum Gasteiger partial charge on any atom is 0.387 e. The molecule has 0 aliphatic heterocycles. The Bertz CT molecular complexity index is 986. The molecule has 0 unspecified atom stereocenters. The number of oxazole rings is 1. The summed E-state index contributed by atoms with van der Waals surface area (Å²) in [6.45, 7) is -3.08. The first-order valence-corrected chi connectivity index (χ1v) is 8.53. The Morgan fingerprint density at radius 3 is 2.69 bits per heavy atom. The molecule has 29 heavy (non-hydrogen) atoms. The Labute approximate surface area is 165 Å². The van der Waals surface area contributed by atoms with Gasteiger partial charge in [-0.3, -0.25) is 0 Å². The number of carbonyl (C=O) groups is 1. The van der Waals surface area contributed by atoms with Crippen LogP contribution in [0.2, 0.25) is 0 Å². The molecule has 0 saturated heterocycles. The van der Waals surface area contributed by atoms with Crippen molar-refractivity contribution in [2.75, 3.05) is 7.11 Å². The zero-order valence-electron chi connectivity index (χ0n) is 15.4. The van der Waals surface area contributed by atoms with Gasteiger partial charge in [0.25, 0.3) is 0 Å². The highest BCUT2D eigenvalue weighted by atomic mass is 19.3. The number of alkyl halides is 2. The molecule has 0 amide bonds. The van der Waals surface area contributed by atoms with Gasteiger partial charge in [0, 0.05) is 11.6 Å². The lowest BCUT2D eigenvalue weighted by Crippen LogP contribution is -2.03. The molecule has 0 aliphatic carbocycles. The first kappa shape index (κ1) is 20.1. The van der Waals surface area contributed by atoms with E-state index in [0.717, 1.165) is 5.56 Å². The van der Waals surface area contributed by atoms with Crippen LogP contribution in [-0.2, 0) is 16.1 Å². The SMILES string of the molecule is COc1cc(/C=C/C(=O)OCc2ncc(-c3ccccc3)o2)ccc1OC(F)F. The van der Waals surface area contributed by atoms with Crippen molar-refractivity contribution in [2.45, 2.75) is 13.2 Å². The fourth-order valence-corrected chi connectivity index (χ4v) is 2.44. The molecule has 1 heterocycles. The maximum absolute atomic E-state index is 12.3. The van der Waals surface area contributed by atoms with Gasteiger partial charge in [-0.05, 0) is 23.8 Å². The lowest BCUT2D eigenvalue weighted by Gasteiger charge is -2.10. The van der Waals surface area contributed by atoms with Crippen LogP contribution >= 0.6 is 0 Å². The highest BCUT2D eigenvalue weighted by Crippen LogP contribution is 2.29. The summed E-state index contributed by atoms with van der Waals surface area (Å²) in [7, 11) is 1.33. The number of ether oxygens (including phenoxy) is 3. The number of aromatic nitrogens is 1. The van der Waals surface area contributed by atoms with Crippen LogP contribution in [0.25, 0.3) is 17.4 Å². The molecular formula is C21H17F2NO5. The number of carbonyl (C=O) groups excluding carboxylic acids is 1. The molecule has 0 N–H and O–H groups in total. The summed E-state index contributed by atoms with van der Waals surface area (Å²) in [5.74, 6) is 0.247. The molecule has 0 fully saturated rings. The average molecular weight is 401 g/mol. The summed E-state index contributed by atoms with van der Waals surface area (Å²) in [5.41, 5.74) is 1.41. The van der Waals surface area contributed by atoms with E-state index >= 15 is 0 Å². The van der Waals surface area contributed by atoms with Gasteiger partial charge in [0.05, 0.1) is 13.3 Å². The topological polar surface area (TPSA) is 70.8 Å². The first-order chi connectivity index (χ1) is 14.0. The summed E-state index contributed by atoms with van der Waals surface area (Å²) in [6.07, 6.45) is 4.22. The molecule has 1 aromatic heterocycles. The second-order valence-corrected chi connectivity index (χ2v) is 5.71. The second-order valence-electron chi connectivity index (χ2n) is 5.71. The smallest absolute Gasteiger partial charge is 0.387 e. The van der Waals surface area contributed by atoms with Crippen LogP contribution in [0, 0.1) is 0 Å². The summed E-state index contributed by atoms with van der Waals surface area (Å²) in [6, 6.07) is 13.7. The predicted molar refractivity (Wildman–Crippen MR) is 100 cm³/mol. The van der Waals surface area contributed by atoms with Crippen LogP contribution in [0.3, 0.4) is 0 Å². The Hall–Kier alpha value is -3.68. The van der Waals surface area contributed by atoms with Gasteiger partial charge < -0.3 is 18.6 Å². The van der Waals surface area contributed by atoms with Gasteiger partial charge in [0.15, 0.2) is 23.9 Å². The van der Waals surface area contributed by atoms with E-state index < -0.39 is 12.6 Å². The molecule has 3 aromatic rings. The molecule has 3 rings (SSSR count). The van der Waals surface area contributed by atoms with Crippen molar-refractivity contribution in [3.63, 3.8) is 0 Å². The molecule has 150 valence electrons. The van der Waals surface area contributed by atoms with Gasteiger partial charge in [-0.25, -0.2) is 9.78 Å². The fraction of sp³-hybridized carbons (Fsp3) is 0.143. The van der Waals surface area contributed by atoms with E-state index in [2.05, 4.69) is 9.72 Å². The molecular weight excluding hydrogens is 384 g/mol. The van der Waals surface area contributed by atoms with E-state index in [4.69, 9.17) is 13.9 Å². The van der Waals surface area contributed by atoms with Crippen LogP contribution in [0.4, 0.5) is 8.78 Å². The maximum atomic E-state index is 12.3. The average Bonchev–Trinajstić information content (AvgIpc) is 3.21. The van der Waals surface area contributed by atoms with Crippen molar-refractivity contribution in [3.05, 3.63) is 72.3 Å². The minimum Gasteiger partial charge on any atom is -0.493 e. The van der Waals surface area contributed by atoms with Crippen LogP contribution in [0.5, 0.6) is 11.5 Å². The van der Waals surface area contributed by atoms with Crippen LogP contribution in [0.15, 0.2) is 65.2 Å². The molecule has 8 heteroatoms. The van der Waals surface area contributed by atoms with Crippen molar-refractivity contribution in [2.24, 2.45) is 0 Å². The molecule has 6 nitrogen and oxygen atoms in total. The minimum atomic E-state index is -2.96. The van der Waals surface area contributed by atoms with Gasteiger partial charge in [0.2, 0.25) is 5.89 Å². The Morgan fingerprint density at radius 1 is 1.17 bits per heavy atom. The summed E-state index contributed by atoms with van der Waals surface area (Å²) < 4.78 is 44.7. The summed E-state index contributed by atoms with van der Waals surface area (Å²) in [5, 5.41) is 0. The van der Waals surface area contributed by atoms with E-state index in [1.165, 1.54) is 37.5 Å². The number of methoxy groups -OCH3 is 1. The number of hydrogen-bond donors (Lipinski definition) is 0. The molecule has 0 atom stereocenters. The Morgan fingerprint density at radius 2 is 1.97 bits per heavy atom. The first-order valence-electron chi connectivity index (χ1n) is 8.53. The quantitative estimate of drug-likeness (QED) is 0.402. The largest absolute Gasteiger partial charge is 0.493 e. The third-order valence-electron chi connectivity index (χ3n) is 3.77. The number of rotatable bonds is 8. The van der Waals surface area contributed by atoms with Crippen molar-refractivity contribution in [3.8, 4) is 22.8 Å². The van der Waals surface area contributed by atoms with E-state index in [0.29, 0.717) is 11.3 Å². The number of halogens is 2. The zero-order chi connectivity index (χ0) is 20.6. The van der Waals surface area contributed by atoms with Crippen LogP contribution in [-0.4, -0.2) is 24.7 Å². The highest BCUT2D eigenvalue weighted by molar-refractivity contribution is 5.87. The molecule has 0 spiro atoms. The van der Waals surface area contributed by atoms with E-state index in [9.17, 15) is 13.6 Å². The monoisotopic (exact) mass is 401 g/mol. The van der Waals surface area contributed by atoms with Crippen molar-refractivity contribution in [1.82, 2.24) is 4.98 Å². The third-order valence-corrected chi connectivity index (χ3v) is 3.77. The Balaban J connectivity index is 1.57. The van der Waals surface area contributed by atoms with Gasteiger partial charge in [-0.1, -0.05) is 36.4 Å². The predicted octanol–water partition coefficient (Wildman–Crippen LogP) is 4.71. The Kier molecular flexibility index (Phi) is 6.57. The third kappa shape index (κ3) is 5.65. The lowest BCUT2D eigenvalue weighted by atomic mass is 10.2. The van der Waals surface area contributed by atoms with Gasteiger partial charge >= 0.3 is 12.6 Å². The number of nitrogens with zero attached hydrogens (tertiary/aromatic N) is 1. The van der Waals surface area contributed by atoms with Gasteiger partial charge in [0.1, 0.15) is 0 Å². The molecule has 0 bridgehead atoms.